The minimum atomic E-state index is -0.562. The van der Waals surface area contributed by atoms with Crippen LogP contribution in [0.3, 0.4) is 0 Å². The van der Waals surface area contributed by atoms with E-state index in [1.807, 2.05) is 6.07 Å². The second kappa shape index (κ2) is 4.36. The molecule has 0 aliphatic heterocycles. The summed E-state index contributed by atoms with van der Waals surface area (Å²) in [6.07, 6.45) is 1.34. The summed E-state index contributed by atoms with van der Waals surface area (Å²) in [5, 5.41) is 0. The molecule has 0 saturated heterocycles. The van der Waals surface area contributed by atoms with Crippen LogP contribution in [0.15, 0.2) is 35.1 Å². The number of hydrogen-bond donors (Lipinski definition) is 2. The summed E-state index contributed by atoms with van der Waals surface area (Å²) in [5.41, 5.74) is 5.63. The zero-order chi connectivity index (χ0) is 11.5. The number of nitrogens with two attached hydrogens (primary N) is 1. The fourth-order valence-corrected chi connectivity index (χ4v) is 1.54. The monoisotopic (exact) mass is 281 g/mol. The van der Waals surface area contributed by atoms with Gasteiger partial charge in [-0.15, -0.1) is 0 Å². The number of ether oxygens (including phenoxy) is 1. The van der Waals surface area contributed by atoms with Gasteiger partial charge in [0.15, 0.2) is 11.5 Å². The molecule has 6 heteroatoms. The highest BCUT2D eigenvalue weighted by atomic mass is 79.9. The van der Waals surface area contributed by atoms with E-state index in [2.05, 4.69) is 25.9 Å². The van der Waals surface area contributed by atoms with Crippen molar-refractivity contribution in [2.45, 2.75) is 0 Å². The van der Waals surface area contributed by atoms with Crippen molar-refractivity contribution in [1.82, 2.24) is 9.97 Å². The molecule has 0 spiro atoms. The Morgan fingerprint density at radius 2 is 2.31 bits per heavy atom. The van der Waals surface area contributed by atoms with Crippen molar-refractivity contribution >= 4 is 27.7 Å². The van der Waals surface area contributed by atoms with E-state index in [0.29, 0.717) is 5.75 Å². The number of H-pyrrole nitrogens is 1. The summed E-state index contributed by atoms with van der Waals surface area (Å²) in [5.74, 6) is 0.00136. The van der Waals surface area contributed by atoms with Crippen molar-refractivity contribution in [2.75, 3.05) is 5.73 Å². The van der Waals surface area contributed by atoms with Crippen LogP contribution < -0.4 is 10.5 Å². The maximum atomic E-state index is 11.6. The summed E-state index contributed by atoms with van der Waals surface area (Å²) in [4.78, 5) is 17.9. The maximum Gasteiger partial charge on any atom is 0.364 e. The zero-order valence-electron chi connectivity index (χ0n) is 8.11. The minimum Gasteiger partial charge on any atom is -0.422 e. The van der Waals surface area contributed by atoms with E-state index in [4.69, 9.17) is 10.5 Å². The van der Waals surface area contributed by atoms with Crippen molar-refractivity contribution in [3.8, 4) is 5.75 Å². The first-order chi connectivity index (χ1) is 7.66. The van der Waals surface area contributed by atoms with Crippen LogP contribution in [0.25, 0.3) is 0 Å². The molecule has 1 aromatic carbocycles. The van der Waals surface area contributed by atoms with E-state index in [1.54, 1.807) is 18.2 Å². The summed E-state index contributed by atoms with van der Waals surface area (Å²) >= 11 is 3.28. The van der Waals surface area contributed by atoms with Crippen molar-refractivity contribution < 1.29 is 9.53 Å². The normalized spacial score (nSPS) is 10.1. The summed E-state index contributed by atoms with van der Waals surface area (Å²) in [7, 11) is 0. The molecule has 0 fully saturated rings. The third-order valence-corrected chi connectivity index (χ3v) is 2.37. The van der Waals surface area contributed by atoms with Gasteiger partial charge in [-0.2, -0.15) is 0 Å². The van der Waals surface area contributed by atoms with Gasteiger partial charge in [-0.1, -0.05) is 22.0 Å². The predicted molar refractivity (Wildman–Crippen MR) is 62.1 cm³/mol. The van der Waals surface area contributed by atoms with E-state index >= 15 is 0 Å². The molecule has 0 atom stereocenters. The van der Waals surface area contributed by atoms with Crippen LogP contribution in [0.1, 0.15) is 10.5 Å². The second-order valence-electron chi connectivity index (χ2n) is 3.01. The molecule has 3 N–H and O–H groups in total. The van der Waals surface area contributed by atoms with Gasteiger partial charge in [-0.3, -0.25) is 0 Å². The zero-order valence-corrected chi connectivity index (χ0v) is 9.69. The molecule has 16 heavy (non-hydrogen) atoms. The van der Waals surface area contributed by atoms with Crippen LogP contribution in [-0.4, -0.2) is 15.9 Å². The van der Waals surface area contributed by atoms with Gasteiger partial charge in [0.2, 0.25) is 0 Å². The lowest BCUT2D eigenvalue weighted by molar-refractivity contribution is 0.0730. The van der Waals surface area contributed by atoms with Gasteiger partial charge in [-0.05, 0) is 18.2 Å². The van der Waals surface area contributed by atoms with Gasteiger partial charge in [0, 0.05) is 4.47 Å². The molecule has 0 saturated carbocycles. The Labute approximate surface area is 99.8 Å². The summed E-state index contributed by atoms with van der Waals surface area (Å²) in [6.45, 7) is 0. The predicted octanol–water partition coefficient (Wildman–Crippen LogP) is 1.97. The number of nitrogen functional groups attached to an aromatic ring is 1. The van der Waals surface area contributed by atoms with Crippen molar-refractivity contribution in [2.24, 2.45) is 0 Å². The molecule has 0 unspecified atom stereocenters. The Morgan fingerprint density at radius 3 is 2.94 bits per heavy atom. The highest BCUT2D eigenvalue weighted by molar-refractivity contribution is 9.10. The fraction of sp³-hybridized carbons (Fsp3) is 0. The van der Waals surface area contributed by atoms with Crippen LogP contribution >= 0.6 is 15.9 Å². The molecule has 0 aliphatic carbocycles. The number of carbonyl (C=O) groups is 1. The SMILES string of the molecule is Nc1nc[nH]c1C(=O)Oc1cccc(Br)c1. The average molecular weight is 282 g/mol. The number of nitrogens with one attached hydrogen (secondary N) is 1. The Bertz CT molecular complexity index is 524. The lowest BCUT2D eigenvalue weighted by Crippen LogP contribution is -2.11. The van der Waals surface area contributed by atoms with E-state index in [1.165, 1.54) is 6.33 Å². The average Bonchev–Trinajstić information content (AvgIpc) is 2.64. The molecule has 82 valence electrons. The number of hydrogen-bond acceptors (Lipinski definition) is 4. The number of imidazole rings is 1. The smallest absolute Gasteiger partial charge is 0.364 e. The molecule has 0 aliphatic rings. The molecule has 1 aromatic heterocycles. The van der Waals surface area contributed by atoms with Gasteiger partial charge in [0.05, 0.1) is 6.33 Å². The number of aromatic amines is 1. The van der Waals surface area contributed by atoms with E-state index in [0.717, 1.165) is 4.47 Å². The van der Waals surface area contributed by atoms with Crippen LogP contribution in [0.5, 0.6) is 5.75 Å². The molecule has 0 radical (unpaired) electrons. The topological polar surface area (TPSA) is 81.0 Å². The van der Waals surface area contributed by atoms with Gasteiger partial charge >= 0.3 is 5.97 Å². The van der Waals surface area contributed by atoms with Crippen LogP contribution in [-0.2, 0) is 0 Å². The van der Waals surface area contributed by atoms with E-state index < -0.39 is 5.97 Å². The largest absolute Gasteiger partial charge is 0.422 e. The van der Waals surface area contributed by atoms with E-state index in [9.17, 15) is 4.79 Å². The summed E-state index contributed by atoms with van der Waals surface area (Å²) in [6, 6.07) is 6.96. The molecular formula is C10H8BrN3O2. The number of carbonyl (C=O) groups excluding carboxylic acids is 1. The van der Waals surface area contributed by atoms with Crippen LogP contribution in [0.2, 0.25) is 0 Å². The number of anilines is 1. The number of rotatable bonds is 2. The number of halogens is 1. The third kappa shape index (κ3) is 2.22. The Morgan fingerprint density at radius 1 is 1.50 bits per heavy atom. The van der Waals surface area contributed by atoms with Gasteiger partial charge in [-0.25, -0.2) is 9.78 Å². The lowest BCUT2D eigenvalue weighted by atomic mass is 10.3. The maximum absolute atomic E-state index is 11.6. The second-order valence-corrected chi connectivity index (χ2v) is 3.93. The highest BCUT2D eigenvalue weighted by Gasteiger charge is 2.14. The lowest BCUT2D eigenvalue weighted by Gasteiger charge is -2.03. The fourth-order valence-electron chi connectivity index (χ4n) is 1.16. The van der Waals surface area contributed by atoms with Crippen molar-refractivity contribution in [3.63, 3.8) is 0 Å². The molecule has 0 amide bonds. The number of nitrogens with zero attached hydrogens (tertiary/aromatic N) is 1. The summed E-state index contributed by atoms with van der Waals surface area (Å²) < 4.78 is 5.93. The number of benzene rings is 1. The van der Waals surface area contributed by atoms with Crippen LogP contribution in [0, 0.1) is 0 Å². The highest BCUT2D eigenvalue weighted by Crippen LogP contribution is 2.19. The van der Waals surface area contributed by atoms with Crippen LogP contribution in [0.4, 0.5) is 5.82 Å². The van der Waals surface area contributed by atoms with Crippen molar-refractivity contribution in [3.05, 3.63) is 40.8 Å². The first-order valence-electron chi connectivity index (χ1n) is 4.43. The third-order valence-electron chi connectivity index (χ3n) is 1.88. The molecule has 2 rings (SSSR count). The van der Waals surface area contributed by atoms with Gasteiger partial charge in [0.25, 0.3) is 0 Å². The molecule has 5 nitrogen and oxygen atoms in total. The minimum absolute atomic E-state index is 0.125. The standard InChI is InChI=1S/C10H8BrN3O2/c11-6-2-1-3-7(4-6)16-10(15)8-9(12)14-5-13-8/h1-5H,12H2,(H,13,14). The van der Waals surface area contributed by atoms with Crippen molar-refractivity contribution in [1.29, 1.82) is 0 Å². The molecule has 0 bridgehead atoms. The van der Waals surface area contributed by atoms with E-state index in [-0.39, 0.29) is 11.5 Å². The molecule has 1 heterocycles. The number of esters is 1. The number of aromatic nitrogens is 2. The molecular weight excluding hydrogens is 274 g/mol. The Balaban J connectivity index is 2.17. The van der Waals surface area contributed by atoms with Gasteiger partial charge < -0.3 is 15.5 Å². The molecule has 2 aromatic rings. The Kier molecular flexibility index (Phi) is 2.91. The first kappa shape index (κ1) is 10.7. The Hall–Kier alpha value is -1.82. The first-order valence-corrected chi connectivity index (χ1v) is 5.22. The quantitative estimate of drug-likeness (QED) is 0.651. The van der Waals surface area contributed by atoms with Gasteiger partial charge in [0.1, 0.15) is 5.75 Å².